The van der Waals surface area contributed by atoms with Crippen LogP contribution < -0.4 is 5.84 Å². The molecule has 0 bridgehead atoms. The molecule has 3 N–H and O–H groups in total. The fourth-order valence-electron chi connectivity index (χ4n) is 2.61. The van der Waals surface area contributed by atoms with Gasteiger partial charge in [-0.05, 0) is 24.2 Å². The second kappa shape index (κ2) is 10.6. The predicted molar refractivity (Wildman–Crippen MR) is 89.0 cm³/mol. The molecule has 0 fully saturated rings. The number of nitrogens with zero attached hydrogens (tertiary/aromatic N) is 1. The van der Waals surface area contributed by atoms with Crippen LogP contribution >= 0.6 is 0 Å². The summed E-state index contributed by atoms with van der Waals surface area (Å²) < 4.78 is 0. The molecule has 0 heterocycles. The van der Waals surface area contributed by atoms with E-state index in [0.717, 1.165) is 25.7 Å². The molecule has 3 atom stereocenters. The molecule has 0 aromatic carbocycles. The van der Waals surface area contributed by atoms with E-state index in [2.05, 4.69) is 27.7 Å². The van der Waals surface area contributed by atoms with Crippen LogP contribution in [0.1, 0.15) is 73.1 Å². The molecule has 0 aliphatic heterocycles. The lowest BCUT2D eigenvalue weighted by atomic mass is 9.83. The normalized spacial score (nSPS) is 15.4. The van der Waals surface area contributed by atoms with Crippen molar-refractivity contribution in [3.8, 4) is 0 Å². The van der Waals surface area contributed by atoms with Gasteiger partial charge in [0.15, 0.2) is 0 Å². The van der Waals surface area contributed by atoms with Gasteiger partial charge in [0.25, 0.3) is 0 Å². The summed E-state index contributed by atoms with van der Waals surface area (Å²) in [6, 6.07) is -0.441. The Hall–Kier alpha value is -1.10. The molecule has 0 radical (unpaired) electrons. The van der Waals surface area contributed by atoms with Crippen molar-refractivity contribution in [1.29, 1.82) is 0 Å². The molecular formula is C17H34N2O3. The van der Waals surface area contributed by atoms with Crippen LogP contribution in [0.25, 0.3) is 0 Å². The Balaban J connectivity index is 4.86. The number of hydrogen-bond donors (Lipinski definition) is 2. The summed E-state index contributed by atoms with van der Waals surface area (Å²) in [5.41, 5.74) is 0. The molecule has 22 heavy (non-hydrogen) atoms. The smallest absolute Gasteiger partial charge is 0.305 e. The topological polar surface area (TPSA) is 83.6 Å². The number of carboxylic acids is 1. The zero-order valence-electron chi connectivity index (χ0n) is 14.8. The molecule has 0 saturated carbocycles. The van der Waals surface area contributed by atoms with Crippen LogP contribution in [0.5, 0.6) is 0 Å². The number of unbranched alkanes of at least 4 members (excludes halogenated alkanes) is 1. The van der Waals surface area contributed by atoms with Gasteiger partial charge in [0, 0.05) is 6.42 Å². The Morgan fingerprint density at radius 2 is 1.73 bits per heavy atom. The van der Waals surface area contributed by atoms with Crippen molar-refractivity contribution in [3.63, 3.8) is 0 Å². The zero-order valence-corrected chi connectivity index (χ0v) is 14.8. The quantitative estimate of drug-likeness (QED) is 0.348. The lowest BCUT2D eigenvalue weighted by Crippen LogP contribution is -2.50. The van der Waals surface area contributed by atoms with E-state index < -0.39 is 12.0 Å². The van der Waals surface area contributed by atoms with Gasteiger partial charge in [0.1, 0.15) is 0 Å². The van der Waals surface area contributed by atoms with E-state index in [4.69, 9.17) is 10.9 Å². The highest BCUT2D eigenvalue weighted by molar-refractivity contribution is 5.77. The maximum atomic E-state index is 12.2. The van der Waals surface area contributed by atoms with Crippen LogP contribution in [-0.2, 0) is 9.59 Å². The zero-order chi connectivity index (χ0) is 17.3. The number of hydrogen-bond acceptors (Lipinski definition) is 3. The van der Waals surface area contributed by atoms with E-state index >= 15 is 0 Å². The van der Waals surface area contributed by atoms with Gasteiger partial charge in [-0.3, -0.25) is 14.6 Å². The Labute approximate surface area is 135 Å². The van der Waals surface area contributed by atoms with E-state index in [1.807, 2.05) is 6.92 Å². The first-order valence-electron chi connectivity index (χ1n) is 8.49. The first-order valence-corrected chi connectivity index (χ1v) is 8.49. The minimum atomic E-state index is -0.911. The van der Waals surface area contributed by atoms with Gasteiger partial charge < -0.3 is 5.11 Å². The third-order valence-electron chi connectivity index (χ3n) is 4.48. The summed E-state index contributed by atoms with van der Waals surface area (Å²) >= 11 is 0. The van der Waals surface area contributed by atoms with E-state index in [1.165, 1.54) is 5.01 Å². The average molecular weight is 314 g/mol. The van der Waals surface area contributed by atoms with E-state index in [0.29, 0.717) is 18.3 Å². The highest BCUT2D eigenvalue weighted by Gasteiger charge is 2.31. The lowest BCUT2D eigenvalue weighted by molar-refractivity contribution is -0.143. The molecule has 0 aromatic rings. The Morgan fingerprint density at radius 3 is 2.18 bits per heavy atom. The van der Waals surface area contributed by atoms with Gasteiger partial charge >= 0.3 is 5.97 Å². The van der Waals surface area contributed by atoms with Crippen molar-refractivity contribution in [2.45, 2.75) is 79.2 Å². The van der Waals surface area contributed by atoms with Crippen LogP contribution in [0.3, 0.4) is 0 Å². The molecule has 0 aliphatic rings. The fourth-order valence-corrected chi connectivity index (χ4v) is 2.61. The maximum absolute atomic E-state index is 12.2. The number of carbonyl (C=O) groups is 2. The monoisotopic (exact) mass is 314 g/mol. The standard InChI is InChI=1S/C17H34N2O3/c1-6-7-8-13(4)14(5)15(11-17(21)22)19(18)16(20)10-9-12(2)3/h12-15H,6-11,18H2,1-5H3,(H,21,22). The third-order valence-corrected chi connectivity index (χ3v) is 4.48. The summed E-state index contributed by atoms with van der Waals surface area (Å²) in [6.07, 6.45) is 4.30. The summed E-state index contributed by atoms with van der Waals surface area (Å²) in [5, 5.41) is 10.3. The van der Waals surface area contributed by atoms with E-state index in [1.54, 1.807) is 0 Å². The van der Waals surface area contributed by atoms with Crippen molar-refractivity contribution in [2.24, 2.45) is 23.6 Å². The molecular weight excluding hydrogens is 280 g/mol. The van der Waals surface area contributed by atoms with Gasteiger partial charge in [-0.2, -0.15) is 0 Å². The second-order valence-electron chi connectivity index (χ2n) is 6.88. The summed E-state index contributed by atoms with van der Waals surface area (Å²) in [5.74, 6) is 5.75. The Morgan fingerprint density at radius 1 is 1.14 bits per heavy atom. The van der Waals surface area contributed by atoms with Crippen molar-refractivity contribution < 1.29 is 14.7 Å². The molecule has 0 aliphatic carbocycles. The van der Waals surface area contributed by atoms with Crippen LogP contribution in [0.15, 0.2) is 0 Å². The summed E-state index contributed by atoms with van der Waals surface area (Å²) in [4.78, 5) is 23.4. The van der Waals surface area contributed by atoms with Crippen molar-refractivity contribution >= 4 is 11.9 Å². The molecule has 0 aromatic heterocycles. The minimum Gasteiger partial charge on any atom is -0.481 e. The number of carbonyl (C=O) groups excluding carboxylic acids is 1. The van der Waals surface area contributed by atoms with Crippen molar-refractivity contribution in [1.82, 2.24) is 5.01 Å². The van der Waals surface area contributed by atoms with Gasteiger partial charge in [-0.1, -0.05) is 53.9 Å². The largest absolute Gasteiger partial charge is 0.481 e. The first-order chi connectivity index (χ1) is 10.2. The molecule has 5 nitrogen and oxygen atoms in total. The maximum Gasteiger partial charge on any atom is 0.305 e. The van der Waals surface area contributed by atoms with Crippen LogP contribution in [0.4, 0.5) is 0 Å². The second-order valence-corrected chi connectivity index (χ2v) is 6.88. The van der Waals surface area contributed by atoms with Crippen LogP contribution in [0, 0.1) is 17.8 Å². The molecule has 1 amide bonds. The molecule has 5 heteroatoms. The Bertz CT molecular complexity index is 345. The third kappa shape index (κ3) is 7.78. The average Bonchev–Trinajstić information content (AvgIpc) is 2.45. The summed E-state index contributed by atoms with van der Waals surface area (Å²) in [6.45, 7) is 10.4. The van der Waals surface area contributed by atoms with Gasteiger partial charge in [-0.15, -0.1) is 0 Å². The van der Waals surface area contributed by atoms with Crippen molar-refractivity contribution in [3.05, 3.63) is 0 Å². The summed E-state index contributed by atoms with van der Waals surface area (Å²) in [7, 11) is 0. The highest BCUT2D eigenvalue weighted by Crippen LogP contribution is 2.26. The minimum absolute atomic E-state index is 0.0654. The number of amides is 1. The molecule has 0 spiro atoms. The molecule has 3 unspecified atom stereocenters. The number of carboxylic acid groups (broad SMARTS) is 1. The van der Waals surface area contributed by atoms with Gasteiger partial charge in [-0.25, -0.2) is 5.84 Å². The lowest BCUT2D eigenvalue weighted by Gasteiger charge is -2.34. The number of rotatable bonds is 11. The molecule has 130 valence electrons. The van der Waals surface area contributed by atoms with Crippen molar-refractivity contribution in [2.75, 3.05) is 0 Å². The number of aliphatic carboxylic acids is 1. The van der Waals surface area contributed by atoms with E-state index in [-0.39, 0.29) is 18.2 Å². The number of hydrazine groups is 1. The highest BCUT2D eigenvalue weighted by atomic mass is 16.4. The van der Waals surface area contributed by atoms with Gasteiger partial charge in [0.2, 0.25) is 5.91 Å². The Kier molecular flexibility index (Phi) is 10.1. The molecule has 0 rings (SSSR count). The molecule has 0 saturated heterocycles. The predicted octanol–water partition coefficient (Wildman–Crippen LogP) is 3.43. The first kappa shape index (κ1) is 20.9. The van der Waals surface area contributed by atoms with Gasteiger partial charge in [0.05, 0.1) is 12.5 Å². The fraction of sp³-hybridized carbons (Fsp3) is 0.882. The van der Waals surface area contributed by atoms with E-state index in [9.17, 15) is 9.59 Å². The van der Waals surface area contributed by atoms with Crippen LogP contribution in [-0.4, -0.2) is 28.0 Å². The SMILES string of the molecule is CCCCC(C)C(C)C(CC(=O)O)N(N)C(=O)CCC(C)C. The van der Waals surface area contributed by atoms with Crippen LogP contribution in [0.2, 0.25) is 0 Å². The number of nitrogens with two attached hydrogens (primary N) is 1.